The van der Waals surface area contributed by atoms with Gasteiger partial charge in [-0.05, 0) is 38.2 Å². The van der Waals surface area contributed by atoms with E-state index in [0.717, 1.165) is 0 Å². The summed E-state index contributed by atoms with van der Waals surface area (Å²) in [5.74, 6) is 0.222. The van der Waals surface area contributed by atoms with Gasteiger partial charge in [0, 0.05) is 0 Å². The summed E-state index contributed by atoms with van der Waals surface area (Å²) in [6.07, 6.45) is 0. The van der Waals surface area contributed by atoms with Gasteiger partial charge in [-0.3, -0.25) is 0 Å². The van der Waals surface area contributed by atoms with Crippen molar-refractivity contribution in [1.82, 2.24) is 5.32 Å². The third-order valence-electron chi connectivity index (χ3n) is 1.84. The molecule has 0 radical (unpaired) electrons. The van der Waals surface area contributed by atoms with Crippen LogP contribution in [0.25, 0.3) is 0 Å². The van der Waals surface area contributed by atoms with Crippen LogP contribution in [0.5, 0.6) is 11.5 Å². The van der Waals surface area contributed by atoms with E-state index >= 15 is 0 Å². The number of phenols is 1. The molecule has 1 aromatic carbocycles. The van der Waals surface area contributed by atoms with E-state index in [1.165, 1.54) is 24.3 Å². The molecule has 1 atom stereocenters. The zero-order chi connectivity index (χ0) is 10.6. The number of hydrogen-bond acceptors (Lipinski definition) is 4. The molecule has 1 aromatic rings. The lowest BCUT2D eigenvalue weighted by Gasteiger charge is -2.09. The smallest absolute Gasteiger partial charge is 0.328 e. The maximum atomic E-state index is 11.3. The Morgan fingerprint density at radius 3 is 2.40 bits per heavy atom. The Morgan fingerprint density at radius 2 is 1.93 bits per heavy atom. The fourth-order valence-corrected chi connectivity index (χ4v) is 0.837. The number of aromatic hydroxyl groups is 1. The van der Waals surface area contributed by atoms with Crippen molar-refractivity contribution in [3.63, 3.8) is 0 Å². The van der Waals surface area contributed by atoms with Gasteiger partial charge < -0.3 is 15.2 Å². The van der Waals surface area contributed by atoms with Crippen LogP contribution < -0.4 is 10.1 Å². The number of benzene rings is 1. The normalized spacial score (nSPS) is 11.3. The summed E-state index contributed by atoms with van der Waals surface area (Å²) in [4.78, 5) is 11.3. The quantitative estimate of drug-likeness (QED) is 0.609. The molecule has 0 saturated heterocycles. The average molecular weight is 232 g/mol. The molecular weight excluding hydrogens is 218 g/mol. The second kappa shape index (κ2) is 6.27. The Balaban J connectivity index is 0.00000196. The molecule has 0 aliphatic rings. The maximum absolute atomic E-state index is 11.3. The number of carbonyl (C=O) groups excluding carboxylic acids is 1. The van der Waals surface area contributed by atoms with E-state index in [1.54, 1.807) is 14.0 Å². The molecule has 0 heterocycles. The summed E-state index contributed by atoms with van der Waals surface area (Å²) >= 11 is 0. The molecule has 0 unspecified atom stereocenters. The van der Waals surface area contributed by atoms with Gasteiger partial charge in [-0.15, -0.1) is 12.4 Å². The lowest BCUT2D eigenvalue weighted by Crippen LogP contribution is -2.34. The number of ether oxygens (including phenoxy) is 1. The van der Waals surface area contributed by atoms with Gasteiger partial charge >= 0.3 is 5.97 Å². The van der Waals surface area contributed by atoms with Crippen molar-refractivity contribution in [1.29, 1.82) is 0 Å². The highest BCUT2D eigenvalue weighted by atomic mass is 35.5. The van der Waals surface area contributed by atoms with E-state index < -0.39 is 0 Å². The molecule has 0 fully saturated rings. The fraction of sp³-hybridized carbons (Fsp3) is 0.300. The molecule has 0 bridgehead atoms. The van der Waals surface area contributed by atoms with Gasteiger partial charge in [0.2, 0.25) is 0 Å². The summed E-state index contributed by atoms with van der Waals surface area (Å²) < 4.78 is 5.01. The maximum Gasteiger partial charge on any atom is 0.328 e. The third-order valence-corrected chi connectivity index (χ3v) is 1.84. The Hall–Kier alpha value is -1.26. The number of esters is 1. The minimum Gasteiger partial charge on any atom is -0.508 e. The van der Waals surface area contributed by atoms with Crippen molar-refractivity contribution in [2.75, 3.05) is 7.05 Å². The first-order valence-electron chi connectivity index (χ1n) is 4.31. The highest BCUT2D eigenvalue weighted by molar-refractivity contribution is 5.85. The zero-order valence-electron chi connectivity index (χ0n) is 8.56. The van der Waals surface area contributed by atoms with Gasteiger partial charge in [0.1, 0.15) is 17.5 Å². The average Bonchev–Trinajstić information content (AvgIpc) is 2.20. The molecule has 0 saturated carbocycles. The van der Waals surface area contributed by atoms with Gasteiger partial charge in [0.15, 0.2) is 0 Å². The fourth-order valence-electron chi connectivity index (χ4n) is 0.837. The molecule has 15 heavy (non-hydrogen) atoms. The highest BCUT2D eigenvalue weighted by Gasteiger charge is 2.12. The van der Waals surface area contributed by atoms with Crippen molar-refractivity contribution < 1.29 is 14.6 Å². The summed E-state index contributed by atoms with van der Waals surface area (Å²) in [7, 11) is 1.68. The van der Waals surface area contributed by atoms with Crippen LogP contribution in [0.2, 0.25) is 0 Å². The minimum atomic E-state index is -0.349. The summed E-state index contributed by atoms with van der Waals surface area (Å²) in [5, 5.41) is 11.8. The van der Waals surface area contributed by atoms with Crippen LogP contribution in [0.3, 0.4) is 0 Å². The number of phenolic OH excluding ortho intramolecular Hbond substituents is 1. The van der Waals surface area contributed by atoms with Crippen molar-refractivity contribution in [3.8, 4) is 11.5 Å². The van der Waals surface area contributed by atoms with Gasteiger partial charge in [-0.1, -0.05) is 0 Å². The Kier molecular flexibility index (Phi) is 5.74. The predicted molar refractivity (Wildman–Crippen MR) is 59.5 cm³/mol. The lowest BCUT2D eigenvalue weighted by molar-refractivity contribution is -0.136. The number of rotatable bonds is 3. The first-order chi connectivity index (χ1) is 6.63. The Labute approximate surface area is 94.7 Å². The van der Waals surface area contributed by atoms with Crippen LogP contribution in [-0.2, 0) is 4.79 Å². The number of nitrogens with one attached hydrogen (secondary N) is 1. The van der Waals surface area contributed by atoms with Crippen LogP contribution in [-0.4, -0.2) is 24.2 Å². The summed E-state index contributed by atoms with van der Waals surface area (Å²) in [6, 6.07) is 5.66. The molecule has 2 N–H and O–H groups in total. The molecule has 4 nitrogen and oxygen atoms in total. The van der Waals surface area contributed by atoms with E-state index in [9.17, 15) is 4.79 Å². The predicted octanol–water partition coefficient (Wildman–Crippen LogP) is 1.33. The topological polar surface area (TPSA) is 58.6 Å². The van der Waals surface area contributed by atoms with Crippen molar-refractivity contribution in [2.45, 2.75) is 13.0 Å². The monoisotopic (exact) mass is 231 g/mol. The Bertz CT molecular complexity index is 313. The second-order valence-electron chi connectivity index (χ2n) is 2.93. The van der Waals surface area contributed by atoms with Crippen LogP contribution in [0.1, 0.15) is 6.92 Å². The van der Waals surface area contributed by atoms with Gasteiger partial charge in [-0.25, -0.2) is 4.79 Å². The van der Waals surface area contributed by atoms with E-state index in [2.05, 4.69) is 5.32 Å². The van der Waals surface area contributed by atoms with E-state index in [1.807, 2.05) is 0 Å². The molecule has 0 aromatic heterocycles. The SMILES string of the molecule is CN[C@H](C)C(=O)Oc1ccc(O)cc1.Cl. The standard InChI is InChI=1S/C10H13NO3.ClH/c1-7(11-2)10(13)14-9-5-3-8(12)4-6-9;/h3-7,11-12H,1-2H3;1H/t7-;/m1./s1. The number of likely N-dealkylation sites (N-methyl/N-ethyl adjacent to an activating group) is 1. The van der Waals surface area contributed by atoms with Gasteiger partial charge in [-0.2, -0.15) is 0 Å². The largest absolute Gasteiger partial charge is 0.508 e. The van der Waals surface area contributed by atoms with Crippen LogP contribution in [0, 0.1) is 0 Å². The first-order valence-corrected chi connectivity index (χ1v) is 4.31. The Morgan fingerprint density at radius 1 is 1.40 bits per heavy atom. The molecule has 84 valence electrons. The van der Waals surface area contributed by atoms with Crippen LogP contribution in [0.15, 0.2) is 24.3 Å². The molecule has 0 aliphatic carbocycles. The van der Waals surface area contributed by atoms with Crippen LogP contribution >= 0.6 is 12.4 Å². The van der Waals surface area contributed by atoms with E-state index in [0.29, 0.717) is 5.75 Å². The molecular formula is C10H14ClNO3. The molecule has 5 heteroatoms. The molecule has 0 aliphatic heterocycles. The van der Waals surface area contributed by atoms with E-state index in [4.69, 9.17) is 9.84 Å². The second-order valence-corrected chi connectivity index (χ2v) is 2.93. The summed E-state index contributed by atoms with van der Waals surface area (Å²) in [5.41, 5.74) is 0. The molecule has 1 rings (SSSR count). The third kappa shape index (κ3) is 4.18. The summed E-state index contributed by atoms with van der Waals surface area (Å²) in [6.45, 7) is 1.71. The van der Waals surface area contributed by atoms with E-state index in [-0.39, 0.29) is 30.2 Å². The first kappa shape index (κ1) is 13.7. The lowest BCUT2D eigenvalue weighted by atomic mass is 10.3. The highest BCUT2D eigenvalue weighted by Crippen LogP contribution is 2.16. The van der Waals surface area contributed by atoms with Crippen molar-refractivity contribution in [3.05, 3.63) is 24.3 Å². The molecule has 0 spiro atoms. The number of carbonyl (C=O) groups is 1. The van der Waals surface area contributed by atoms with Crippen LogP contribution in [0.4, 0.5) is 0 Å². The number of halogens is 1. The minimum absolute atomic E-state index is 0. The molecule has 0 amide bonds. The number of hydrogen-bond donors (Lipinski definition) is 2. The zero-order valence-corrected chi connectivity index (χ0v) is 9.38. The van der Waals surface area contributed by atoms with Gasteiger partial charge in [0.25, 0.3) is 0 Å². The van der Waals surface area contributed by atoms with Gasteiger partial charge in [0.05, 0.1) is 0 Å². The van der Waals surface area contributed by atoms with Crippen molar-refractivity contribution >= 4 is 18.4 Å². The van der Waals surface area contributed by atoms with Crippen molar-refractivity contribution in [2.24, 2.45) is 0 Å².